The summed E-state index contributed by atoms with van der Waals surface area (Å²) in [6.07, 6.45) is 1.28. The highest BCUT2D eigenvalue weighted by Crippen LogP contribution is 2.34. The fraction of sp³-hybridized carbons (Fsp3) is 0.0769. The number of fused-ring (bicyclic) bond motifs is 1. The molecule has 4 N–H and O–H groups in total. The molecule has 0 bridgehead atoms. The minimum Gasteiger partial charge on any atom is -0.454 e. The number of hydrazine groups is 1. The minimum absolute atomic E-state index is 0.136. The predicted molar refractivity (Wildman–Crippen MR) is 72.5 cm³/mol. The number of amides is 1. The zero-order valence-electron chi connectivity index (χ0n) is 10.7. The molecule has 2 heterocycles. The van der Waals surface area contributed by atoms with E-state index in [-0.39, 0.29) is 18.2 Å². The summed E-state index contributed by atoms with van der Waals surface area (Å²) in [6.45, 7) is 0.136. The number of ether oxygens (including phenoxy) is 2. The van der Waals surface area contributed by atoms with E-state index in [1.54, 1.807) is 18.2 Å². The highest BCUT2D eigenvalue weighted by molar-refractivity contribution is 6.05. The lowest BCUT2D eigenvalue weighted by Gasteiger charge is -2.08. The quantitative estimate of drug-likeness (QED) is 0.585. The zero-order valence-corrected chi connectivity index (χ0v) is 10.7. The Morgan fingerprint density at radius 3 is 2.90 bits per heavy atom. The molecule has 108 valence electrons. The van der Waals surface area contributed by atoms with Crippen molar-refractivity contribution < 1.29 is 18.7 Å². The van der Waals surface area contributed by atoms with Gasteiger partial charge in [0.05, 0.1) is 5.56 Å². The van der Waals surface area contributed by atoms with Gasteiger partial charge in [0, 0.05) is 18.0 Å². The van der Waals surface area contributed by atoms with Crippen LogP contribution in [0.5, 0.6) is 11.5 Å². The maximum absolute atomic E-state index is 13.9. The standard InChI is InChI=1S/C13H11FN4O3/c14-11-8(3-4-16-12(11)18-15)13(19)17-7-1-2-9-10(5-7)21-6-20-9/h1-5H,6,15H2,(H,16,18)(H,17,19). The number of nitrogens with two attached hydrogens (primary N) is 1. The minimum atomic E-state index is -0.821. The number of benzene rings is 1. The summed E-state index contributed by atoms with van der Waals surface area (Å²) in [4.78, 5) is 15.8. The summed E-state index contributed by atoms with van der Waals surface area (Å²) in [7, 11) is 0. The third-order valence-electron chi connectivity index (χ3n) is 2.90. The number of rotatable bonds is 3. The molecule has 0 atom stereocenters. The molecule has 21 heavy (non-hydrogen) atoms. The number of nitrogens with zero attached hydrogens (tertiary/aromatic N) is 1. The first-order valence-corrected chi connectivity index (χ1v) is 6.01. The third kappa shape index (κ3) is 2.43. The molecule has 0 aliphatic carbocycles. The second kappa shape index (κ2) is 5.25. The van der Waals surface area contributed by atoms with Gasteiger partial charge in [-0.05, 0) is 18.2 Å². The monoisotopic (exact) mass is 290 g/mol. The molecule has 2 aromatic rings. The Bertz CT molecular complexity index is 708. The normalized spacial score (nSPS) is 12.1. The largest absolute Gasteiger partial charge is 0.454 e. The van der Waals surface area contributed by atoms with Crippen LogP contribution in [0.2, 0.25) is 0 Å². The fourth-order valence-electron chi connectivity index (χ4n) is 1.89. The lowest BCUT2D eigenvalue weighted by molar-refractivity contribution is 0.102. The number of pyridine rings is 1. The summed E-state index contributed by atoms with van der Waals surface area (Å²) in [5, 5.41) is 2.57. The van der Waals surface area contributed by atoms with Gasteiger partial charge in [-0.1, -0.05) is 0 Å². The van der Waals surface area contributed by atoms with E-state index < -0.39 is 11.7 Å². The number of hydrogen-bond acceptors (Lipinski definition) is 6. The predicted octanol–water partition coefficient (Wildman–Crippen LogP) is 1.49. The van der Waals surface area contributed by atoms with Crippen molar-refractivity contribution >= 4 is 17.4 Å². The molecule has 0 unspecified atom stereocenters. The van der Waals surface area contributed by atoms with Gasteiger partial charge in [0.15, 0.2) is 23.1 Å². The molecule has 0 saturated carbocycles. The van der Waals surface area contributed by atoms with Crippen molar-refractivity contribution in [2.45, 2.75) is 0 Å². The fourth-order valence-corrected chi connectivity index (χ4v) is 1.89. The van der Waals surface area contributed by atoms with E-state index in [4.69, 9.17) is 15.3 Å². The van der Waals surface area contributed by atoms with Crippen LogP contribution in [0.15, 0.2) is 30.5 Å². The number of carbonyl (C=O) groups is 1. The molecular formula is C13H11FN4O3. The summed E-state index contributed by atoms with van der Waals surface area (Å²) in [5.74, 6) is 4.59. The molecule has 1 amide bonds. The van der Waals surface area contributed by atoms with E-state index in [0.29, 0.717) is 17.2 Å². The van der Waals surface area contributed by atoms with Gasteiger partial charge in [0.1, 0.15) is 0 Å². The Kier molecular flexibility index (Phi) is 3.28. The SMILES string of the molecule is NNc1nccc(C(=O)Nc2ccc3c(c2)OCO3)c1F. The third-order valence-corrected chi connectivity index (χ3v) is 2.90. The molecule has 0 spiro atoms. The Morgan fingerprint density at radius 1 is 1.29 bits per heavy atom. The van der Waals surface area contributed by atoms with E-state index in [1.165, 1.54) is 12.3 Å². The maximum atomic E-state index is 13.9. The van der Waals surface area contributed by atoms with Crippen LogP contribution in [0, 0.1) is 5.82 Å². The van der Waals surface area contributed by atoms with Crippen molar-refractivity contribution in [1.29, 1.82) is 0 Å². The summed E-state index contributed by atoms with van der Waals surface area (Å²) < 4.78 is 24.3. The summed E-state index contributed by atoms with van der Waals surface area (Å²) in [6, 6.07) is 6.15. The Morgan fingerprint density at radius 2 is 2.10 bits per heavy atom. The average molecular weight is 290 g/mol. The molecule has 1 aliphatic rings. The number of anilines is 2. The van der Waals surface area contributed by atoms with Crippen molar-refractivity contribution in [2.75, 3.05) is 17.5 Å². The number of hydrogen-bond donors (Lipinski definition) is 3. The molecule has 8 heteroatoms. The lowest BCUT2D eigenvalue weighted by Crippen LogP contribution is -2.17. The average Bonchev–Trinajstić information content (AvgIpc) is 2.95. The van der Waals surface area contributed by atoms with Crippen LogP contribution in [0.1, 0.15) is 10.4 Å². The van der Waals surface area contributed by atoms with Crippen molar-refractivity contribution in [1.82, 2.24) is 4.98 Å². The van der Waals surface area contributed by atoms with Gasteiger partial charge >= 0.3 is 0 Å². The van der Waals surface area contributed by atoms with Gasteiger partial charge in [-0.3, -0.25) is 4.79 Å². The second-order valence-electron chi connectivity index (χ2n) is 4.19. The highest BCUT2D eigenvalue weighted by Gasteiger charge is 2.18. The van der Waals surface area contributed by atoms with Crippen LogP contribution in [-0.2, 0) is 0 Å². The molecule has 0 saturated heterocycles. The van der Waals surface area contributed by atoms with Gasteiger partial charge < -0.3 is 20.2 Å². The number of halogens is 1. The van der Waals surface area contributed by atoms with E-state index in [0.717, 1.165) is 0 Å². The molecule has 0 radical (unpaired) electrons. The lowest BCUT2D eigenvalue weighted by atomic mass is 10.2. The first-order chi connectivity index (χ1) is 10.2. The molecule has 0 fully saturated rings. The van der Waals surface area contributed by atoms with Crippen molar-refractivity contribution in [3.8, 4) is 11.5 Å². The number of nitrogen functional groups attached to an aromatic ring is 1. The van der Waals surface area contributed by atoms with Gasteiger partial charge in [0.25, 0.3) is 5.91 Å². The number of aromatic nitrogens is 1. The number of nitrogens with one attached hydrogen (secondary N) is 2. The smallest absolute Gasteiger partial charge is 0.258 e. The second-order valence-corrected chi connectivity index (χ2v) is 4.19. The van der Waals surface area contributed by atoms with Crippen LogP contribution in [-0.4, -0.2) is 17.7 Å². The van der Waals surface area contributed by atoms with Crippen molar-refractivity contribution in [3.05, 3.63) is 41.8 Å². The van der Waals surface area contributed by atoms with Gasteiger partial charge in [-0.25, -0.2) is 15.2 Å². The van der Waals surface area contributed by atoms with Crippen LogP contribution in [0.25, 0.3) is 0 Å². The highest BCUT2D eigenvalue weighted by atomic mass is 19.1. The topological polar surface area (TPSA) is 98.5 Å². The zero-order chi connectivity index (χ0) is 14.8. The molecule has 1 aromatic heterocycles. The Balaban J connectivity index is 1.83. The molecule has 1 aliphatic heterocycles. The van der Waals surface area contributed by atoms with Crippen LogP contribution in [0.4, 0.5) is 15.9 Å². The maximum Gasteiger partial charge on any atom is 0.258 e. The van der Waals surface area contributed by atoms with E-state index >= 15 is 0 Å². The van der Waals surface area contributed by atoms with Crippen LogP contribution in [0.3, 0.4) is 0 Å². The van der Waals surface area contributed by atoms with Gasteiger partial charge in [-0.2, -0.15) is 0 Å². The molecule has 3 rings (SSSR count). The summed E-state index contributed by atoms with van der Waals surface area (Å²) in [5.41, 5.74) is 2.38. The van der Waals surface area contributed by atoms with Crippen molar-refractivity contribution in [3.63, 3.8) is 0 Å². The molecule has 1 aromatic carbocycles. The Labute approximate surface area is 118 Å². The Hall–Kier alpha value is -2.87. The first-order valence-electron chi connectivity index (χ1n) is 6.01. The van der Waals surface area contributed by atoms with E-state index in [1.807, 2.05) is 0 Å². The van der Waals surface area contributed by atoms with Gasteiger partial charge in [-0.15, -0.1) is 0 Å². The molecule has 7 nitrogen and oxygen atoms in total. The summed E-state index contributed by atoms with van der Waals surface area (Å²) >= 11 is 0. The van der Waals surface area contributed by atoms with Gasteiger partial charge in [0.2, 0.25) is 6.79 Å². The molecular weight excluding hydrogens is 279 g/mol. The van der Waals surface area contributed by atoms with Crippen LogP contribution >= 0.6 is 0 Å². The van der Waals surface area contributed by atoms with E-state index in [9.17, 15) is 9.18 Å². The van der Waals surface area contributed by atoms with E-state index in [2.05, 4.69) is 15.7 Å². The van der Waals surface area contributed by atoms with Crippen molar-refractivity contribution in [2.24, 2.45) is 5.84 Å². The number of carbonyl (C=O) groups excluding carboxylic acids is 1. The van der Waals surface area contributed by atoms with Crippen LogP contribution < -0.4 is 26.1 Å². The first kappa shape index (κ1) is 13.1.